The zero-order chi connectivity index (χ0) is 19.0. The van der Waals surface area contributed by atoms with Gasteiger partial charge in [0.2, 0.25) is 0 Å². The van der Waals surface area contributed by atoms with E-state index in [1.54, 1.807) is 11.8 Å². The van der Waals surface area contributed by atoms with Crippen molar-refractivity contribution in [3.8, 4) is 5.75 Å². The molecule has 4 nitrogen and oxygen atoms in total. The van der Waals surface area contributed by atoms with E-state index in [0.717, 1.165) is 16.2 Å². The Labute approximate surface area is 168 Å². The standard InChI is InChI=1S/C19H24Cl2O4S/c1-19(25-13-15(23)11-21)8-6-18(7-9-19)26-17-4-2-16(3-5-17)24-12-14(22)10-20/h2-8,14-15,22-23H,9-13H2,1H3. The molecule has 0 heterocycles. The normalized spacial score (nSPS) is 22.0. The number of halogens is 2. The number of benzene rings is 1. The van der Waals surface area contributed by atoms with E-state index in [0.29, 0.717) is 5.75 Å². The Balaban J connectivity index is 1.83. The number of hydrogen-bond donors (Lipinski definition) is 2. The molecule has 3 atom stereocenters. The van der Waals surface area contributed by atoms with E-state index in [9.17, 15) is 10.2 Å². The maximum absolute atomic E-state index is 9.52. The maximum atomic E-state index is 9.52. The van der Waals surface area contributed by atoms with Crippen molar-refractivity contribution < 1.29 is 19.7 Å². The highest BCUT2D eigenvalue weighted by Gasteiger charge is 2.24. The third-order valence-electron chi connectivity index (χ3n) is 3.77. The molecule has 0 bridgehead atoms. The molecule has 26 heavy (non-hydrogen) atoms. The Kier molecular flexibility index (Phi) is 8.80. The second-order valence-electron chi connectivity index (χ2n) is 6.27. The van der Waals surface area contributed by atoms with Gasteiger partial charge in [-0.25, -0.2) is 0 Å². The van der Waals surface area contributed by atoms with Crippen molar-refractivity contribution in [1.29, 1.82) is 0 Å². The molecule has 3 unspecified atom stereocenters. The summed E-state index contributed by atoms with van der Waals surface area (Å²) in [6, 6.07) is 7.69. The molecule has 1 aliphatic rings. The van der Waals surface area contributed by atoms with Crippen LogP contribution in [-0.2, 0) is 4.74 Å². The van der Waals surface area contributed by atoms with Crippen molar-refractivity contribution >= 4 is 35.0 Å². The van der Waals surface area contributed by atoms with E-state index in [-0.39, 0.29) is 25.0 Å². The molecule has 1 aromatic rings. The molecule has 0 radical (unpaired) electrons. The lowest BCUT2D eigenvalue weighted by Gasteiger charge is -2.29. The van der Waals surface area contributed by atoms with Gasteiger partial charge in [0.05, 0.1) is 30.1 Å². The number of aliphatic hydroxyl groups excluding tert-OH is 2. The Hall–Kier alpha value is -0.690. The van der Waals surface area contributed by atoms with Crippen molar-refractivity contribution in [2.45, 2.75) is 36.0 Å². The first kappa shape index (κ1) is 21.6. The molecule has 0 saturated heterocycles. The Morgan fingerprint density at radius 1 is 1.12 bits per heavy atom. The van der Waals surface area contributed by atoms with Gasteiger partial charge in [-0.05, 0) is 43.7 Å². The third-order valence-corrected chi connectivity index (χ3v) is 5.53. The fourth-order valence-corrected chi connectivity index (χ4v) is 3.21. The van der Waals surface area contributed by atoms with Crippen LogP contribution in [0.4, 0.5) is 0 Å². The first-order chi connectivity index (χ1) is 12.4. The molecule has 1 aromatic carbocycles. The van der Waals surface area contributed by atoms with Gasteiger partial charge in [0.25, 0.3) is 0 Å². The van der Waals surface area contributed by atoms with E-state index >= 15 is 0 Å². The molecule has 0 fully saturated rings. The van der Waals surface area contributed by atoms with Gasteiger partial charge >= 0.3 is 0 Å². The summed E-state index contributed by atoms with van der Waals surface area (Å²) in [5.41, 5.74) is -0.419. The van der Waals surface area contributed by atoms with Gasteiger partial charge in [0.15, 0.2) is 0 Å². The SMILES string of the molecule is CC1(OCC(O)CCl)C=CC(Sc2ccc(OCC(O)CCl)cc2)=CC1. The smallest absolute Gasteiger partial charge is 0.119 e. The summed E-state index contributed by atoms with van der Waals surface area (Å²) >= 11 is 12.8. The number of thioether (sulfide) groups is 1. The molecule has 0 amide bonds. The van der Waals surface area contributed by atoms with Crippen LogP contribution in [0.5, 0.6) is 5.75 Å². The minimum absolute atomic E-state index is 0.155. The lowest BCUT2D eigenvalue weighted by Crippen LogP contribution is -2.31. The van der Waals surface area contributed by atoms with Gasteiger partial charge in [0.1, 0.15) is 18.5 Å². The lowest BCUT2D eigenvalue weighted by atomic mass is 9.97. The number of ether oxygens (including phenoxy) is 2. The first-order valence-corrected chi connectivity index (χ1v) is 10.2. The second kappa shape index (κ2) is 10.6. The predicted octanol–water partition coefficient (Wildman–Crippen LogP) is 3.98. The predicted molar refractivity (Wildman–Crippen MR) is 107 cm³/mol. The fraction of sp³-hybridized carbons (Fsp3) is 0.474. The maximum Gasteiger partial charge on any atom is 0.119 e. The van der Waals surface area contributed by atoms with Crippen LogP contribution in [0.25, 0.3) is 0 Å². The summed E-state index contributed by atoms with van der Waals surface area (Å²) < 4.78 is 11.2. The molecular weight excluding hydrogens is 395 g/mol. The molecule has 2 N–H and O–H groups in total. The number of allylic oxidation sites excluding steroid dienone is 1. The van der Waals surface area contributed by atoms with E-state index in [4.69, 9.17) is 32.7 Å². The van der Waals surface area contributed by atoms with Gasteiger partial charge < -0.3 is 19.7 Å². The van der Waals surface area contributed by atoms with Gasteiger partial charge in [-0.1, -0.05) is 23.9 Å². The lowest BCUT2D eigenvalue weighted by molar-refractivity contribution is -0.0352. The number of aliphatic hydroxyl groups is 2. The minimum Gasteiger partial charge on any atom is -0.491 e. The van der Waals surface area contributed by atoms with Gasteiger partial charge in [-0.3, -0.25) is 0 Å². The number of hydrogen-bond acceptors (Lipinski definition) is 5. The van der Waals surface area contributed by atoms with Crippen LogP contribution in [0.15, 0.2) is 52.3 Å². The summed E-state index contributed by atoms with van der Waals surface area (Å²) in [6.45, 7) is 2.39. The molecule has 0 aromatic heterocycles. The van der Waals surface area contributed by atoms with Crippen LogP contribution in [0.1, 0.15) is 13.3 Å². The van der Waals surface area contributed by atoms with Crippen LogP contribution in [0.2, 0.25) is 0 Å². The van der Waals surface area contributed by atoms with Gasteiger partial charge in [-0.15, -0.1) is 23.2 Å². The Bertz CT molecular complexity index is 620. The summed E-state index contributed by atoms with van der Waals surface area (Å²) in [6.07, 6.45) is 5.60. The van der Waals surface area contributed by atoms with Crippen LogP contribution >= 0.6 is 35.0 Å². The summed E-state index contributed by atoms with van der Waals surface area (Å²) in [4.78, 5) is 2.23. The van der Waals surface area contributed by atoms with E-state index in [1.807, 2.05) is 43.3 Å². The van der Waals surface area contributed by atoms with Gasteiger partial charge in [-0.2, -0.15) is 0 Å². The molecule has 0 saturated carbocycles. The highest BCUT2D eigenvalue weighted by atomic mass is 35.5. The highest BCUT2D eigenvalue weighted by Crippen LogP contribution is 2.34. The van der Waals surface area contributed by atoms with E-state index in [2.05, 4.69) is 6.08 Å². The Morgan fingerprint density at radius 3 is 2.35 bits per heavy atom. The quantitative estimate of drug-likeness (QED) is 0.562. The molecule has 0 aliphatic heterocycles. The molecule has 7 heteroatoms. The van der Waals surface area contributed by atoms with Crippen LogP contribution in [0.3, 0.4) is 0 Å². The molecule has 0 spiro atoms. The van der Waals surface area contributed by atoms with Crippen molar-refractivity contribution in [3.05, 3.63) is 47.4 Å². The average molecular weight is 419 g/mol. The molecular formula is C19H24Cl2O4S. The minimum atomic E-state index is -0.662. The van der Waals surface area contributed by atoms with Crippen LogP contribution < -0.4 is 4.74 Å². The summed E-state index contributed by atoms with van der Waals surface area (Å²) in [5.74, 6) is 1.02. The van der Waals surface area contributed by atoms with Crippen molar-refractivity contribution in [2.24, 2.45) is 0 Å². The average Bonchev–Trinajstić information content (AvgIpc) is 2.67. The van der Waals surface area contributed by atoms with Crippen LogP contribution in [0, 0.1) is 0 Å². The van der Waals surface area contributed by atoms with E-state index < -0.39 is 17.8 Å². The third kappa shape index (κ3) is 7.14. The van der Waals surface area contributed by atoms with Crippen LogP contribution in [-0.4, -0.2) is 53.0 Å². The molecule has 1 aliphatic carbocycles. The topological polar surface area (TPSA) is 58.9 Å². The van der Waals surface area contributed by atoms with Gasteiger partial charge in [0, 0.05) is 9.80 Å². The zero-order valence-electron chi connectivity index (χ0n) is 14.6. The second-order valence-corrected chi connectivity index (χ2v) is 8.03. The summed E-state index contributed by atoms with van der Waals surface area (Å²) in [5, 5.41) is 18.9. The van der Waals surface area contributed by atoms with Crippen molar-refractivity contribution in [1.82, 2.24) is 0 Å². The summed E-state index contributed by atoms with van der Waals surface area (Å²) in [7, 11) is 0. The Morgan fingerprint density at radius 2 is 1.77 bits per heavy atom. The zero-order valence-corrected chi connectivity index (χ0v) is 16.9. The van der Waals surface area contributed by atoms with E-state index in [1.165, 1.54) is 0 Å². The monoisotopic (exact) mass is 418 g/mol. The van der Waals surface area contributed by atoms with Crippen molar-refractivity contribution in [2.75, 3.05) is 25.0 Å². The molecule has 2 rings (SSSR count). The van der Waals surface area contributed by atoms with Crippen molar-refractivity contribution in [3.63, 3.8) is 0 Å². The number of rotatable bonds is 10. The largest absolute Gasteiger partial charge is 0.491 e. The first-order valence-electron chi connectivity index (χ1n) is 8.36. The fourth-order valence-electron chi connectivity index (χ4n) is 2.19. The number of alkyl halides is 2. The molecule has 144 valence electrons. The highest BCUT2D eigenvalue weighted by molar-refractivity contribution is 8.03.